The first kappa shape index (κ1) is 15.2. The van der Waals surface area contributed by atoms with Gasteiger partial charge < -0.3 is 14.8 Å². The number of fused-ring (bicyclic) bond motifs is 1. The van der Waals surface area contributed by atoms with Crippen molar-refractivity contribution in [1.82, 2.24) is 5.32 Å². The molecule has 1 aliphatic heterocycles. The number of para-hydroxylation sites is 1. The smallest absolute Gasteiger partial charge is 0.165 e. The number of benzene rings is 1. The Kier molecular flexibility index (Phi) is 4.92. The van der Waals surface area contributed by atoms with Crippen LogP contribution in [0.25, 0.3) is 0 Å². The van der Waals surface area contributed by atoms with E-state index in [1.54, 1.807) is 0 Å². The summed E-state index contributed by atoms with van der Waals surface area (Å²) >= 11 is 0. The van der Waals surface area contributed by atoms with E-state index in [0.717, 1.165) is 43.9 Å². The van der Waals surface area contributed by atoms with Crippen LogP contribution in [0.4, 0.5) is 0 Å². The van der Waals surface area contributed by atoms with E-state index in [1.807, 2.05) is 6.07 Å². The summed E-state index contributed by atoms with van der Waals surface area (Å²) in [6, 6.07) is 6.75. The Bertz CT molecular complexity index is 441. The number of hydrogen-bond donors (Lipinski definition) is 1. The molecule has 0 unspecified atom stereocenters. The highest BCUT2D eigenvalue weighted by atomic mass is 16.5. The highest BCUT2D eigenvalue weighted by Gasteiger charge is 2.32. The monoisotopic (exact) mass is 277 g/mol. The van der Waals surface area contributed by atoms with E-state index in [-0.39, 0.29) is 5.60 Å². The molecule has 1 aromatic rings. The molecule has 1 aromatic carbocycles. The summed E-state index contributed by atoms with van der Waals surface area (Å²) in [6.45, 7) is 10.4. The highest BCUT2D eigenvalue weighted by Crippen LogP contribution is 2.41. The predicted molar refractivity (Wildman–Crippen MR) is 82.7 cm³/mol. The van der Waals surface area contributed by atoms with Gasteiger partial charge in [0.25, 0.3) is 0 Å². The second-order valence-electron chi connectivity index (χ2n) is 6.45. The first-order valence-corrected chi connectivity index (χ1v) is 7.65. The van der Waals surface area contributed by atoms with E-state index in [9.17, 15) is 0 Å². The van der Waals surface area contributed by atoms with E-state index in [0.29, 0.717) is 6.04 Å². The second-order valence-corrected chi connectivity index (χ2v) is 6.45. The lowest BCUT2D eigenvalue weighted by atomic mass is 10.0. The van der Waals surface area contributed by atoms with Crippen LogP contribution in [-0.4, -0.2) is 24.8 Å². The van der Waals surface area contributed by atoms with Crippen molar-refractivity contribution in [3.63, 3.8) is 0 Å². The fraction of sp³-hybridized carbons (Fsp3) is 0.647. The minimum atomic E-state index is -0.108. The molecule has 1 N–H and O–H groups in total. The van der Waals surface area contributed by atoms with Crippen LogP contribution in [0, 0.1) is 0 Å². The molecule has 0 spiro atoms. The Morgan fingerprint density at radius 3 is 2.85 bits per heavy atom. The normalized spacial score (nSPS) is 16.1. The van der Waals surface area contributed by atoms with E-state index in [2.05, 4.69) is 45.1 Å². The van der Waals surface area contributed by atoms with Crippen LogP contribution in [-0.2, 0) is 6.42 Å². The fourth-order valence-corrected chi connectivity index (χ4v) is 2.50. The zero-order valence-electron chi connectivity index (χ0n) is 13.2. The Hall–Kier alpha value is -1.22. The van der Waals surface area contributed by atoms with Crippen molar-refractivity contribution < 1.29 is 9.47 Å². The summed E-state index contributed by atoms with van der Waals surface area (Å²) in [6.07, 6.45) is 3.16. The zero-order chi connectivity index (χ0) is 14.6. The fourth-order valence-electron chi connectivity index (χ4n) is 2.50. The minimum Gasteiger partial charge on any atom is -0.490 e. The molecular weight excluding hydrogens is 250 g/mol. The Morgan fingerprint density at radius 2 is 2.10 bits per heavy atom. The third-order valence-corrected chi connectivity index (χ3v) is 3.44. The molecule has 0 radical (unpaired) electrons. The van der Waals surface area contributed by atoms with E-state index < -0.39 is 0 Å². The van der Waals surface area contributed by atoms with Crippen LogP contribution in [0.1, 0.15) is 46.1 Å². The maximum atomic E-state index is 6.00. The Morgan fingerprint density at radius 1 is 1.30 bits per heavy atom. The number of hydrogen-bond acceptors (Lipinski definition) is 3. The lowest BCUT2D eigenvalue weighted by molar-refractivity contribution is 0.132. The average molecular weight is 277 g/mol. The van der Waals surface area contributed by atoms with Gasteiger partial charge >= 0.3 is 0 Å². The van der Waals surface area contributed by atoms with Gasteiger partial charge in [-0.2, -0.15) is 0 Å². The zero-order valence-corrected chi connectivity index (χ0v) is 13.2. The minimum absolute atomic E-state index is 0.108. The Labute approximate surface area is 122 Å². The highest BCUT2D eigenvalue weighted by molar-refractivity contribution is 5.50. The molecule has 0 fully saturated rings. The van der Waals surface area contributed by atoms with Crippen LogP contribution < -0.4 is 14.8 Å². The molecule has 0 atom stereocenters. The first-order chi connectivity index (χ1) is 9.48. The molecular formula is C17H27NO2. The maximum Gasteiger partial charge on any atom is 0.165 e. The average Bonchev–Trinajstić information content (AvgIpc) is 2.67. The van der Waals surface area contributed by atoms with E-state index >= 15 is 0 Å². The molecule has 112 valence electrons. The molecule has 3 heteroatoms. The lowest BCUT2D eigenvalue weighted by Gasteiger charge is -2.18. The van der Waals surface area contributed by atoms with Gasteiger partial charge in [0.15, 0.2) is 11.5 Å². The summed E-state index contributed by atoms with van der Waals surface area (Å²) in [7, 11) is 0. The predicted octanol–water partition coefficient (Wildman–Crippen LogP) is 3.56. The quantitative estimate of drug-likeness (QED) is 0.773. The SMILES string of the molecule is CC(C)NCCCCOc1cccc2c1OC(C)(C)C2. The van der Waals surface area contributed by atoms with Crippen molar-refractivity contribution >= 4 is 0 Å². The van der Waals surface area contributed by atoms with Crippen molar-refractivity contribution in [1.29, 1.82) is 0 Å². The standard InChI is InChI=1S/C17H27NO2/c1-13(2)18-10-5-6-11-19-15-9-7-8-14-12-17(3,4)20-16(14)15/h7-9,13,18H,5-6,10-12H2,1-4H3. The lowest BCUT2D eigenvalue weighted by Crippen LogP contribution is -2.24. The third-order valence-electron chi connectivity index (χ3n) is 3.44. The maximum absolute atomic E-state index is 6.00. The van der Waals surface area contributed by atoms with Crippen molar-refractivity contribution in [2.24, 2.45) is 0 Å². The molecule has 20 heavy (non-hydrogen) atoms. The van der Waals surface area contributed by atoms with Crippen molar-refractivity contribution in [3.8, 4) is 11.5 Å². The summed E-state index contributed by atoms with van der Waals surface area (Å²) in [5.41, 5.74) is 1.15. The molecule has 1 aliphatic rings. The van der Waals surface area contributed by atoms with E-state index in [1.165, 1.54) is 5.56 Å². The molecule has 3 nitrogen and oxygen atoms in total. The summed E-state index contributed by atoms with van der Waals surface area (Å²) in [5.74, 6) is 1.84. The second kappa shape index (κ2) is 6.49. The number of rotatable bonds is 7. The van der Waals surface area contributed by atoms with Gasteiger partial charge in [-0.05, 0) is 39.3 Å². The van der Waals surface area contributed by atoms with Gasteiger partial charge in [-0.25, -0.2) is 0 Å². The van der Waals surface area contributed by atoms with Gasteiger partial charge in [0, 0.05) is 18.0 Å². The number of unbranched alkanes of at least 4 members (excludes halogenated alkanes) is 1. The van der Waals surface area contributed by atoms with Crippen LogP contribution in [0.5, 0.6) is 11.5 Å². The van der Waals surface area contributed by atoms with Crippen molar-refractivity contribution in [2.75, 3.05) is 13.2 Å². The van der Waals surface area contributed by atoms with Crippen LogP contribution >= 0.6 is 0 Å². The number of ether oxygens (including phenoxy) is 2. The van der Waals surface area contributed by atoms with Crippen molar-refractivity contribution in [3.05, 3.63) is 23.8 Å². The summed E-state index contributed by atoms with van der Waals surface area (Å²) < 4.78 is 11.9. The third kappa shape index (κ3) is 4.14. The molecule has 0 bridgehead atoms. The molecule has 0 saturated heterocycles. The molecule has 1 heterocycles. The van der Waals surface area contributed by atoms with Gasteiger partial charge in [0.2, 0.25) is 0 Å². The van der Waals surface area contributed by atoms with Crippen LogP contribution in [0.2, 0.25) is 0 Å². The number of nitrogens with one attached hydrogen (secondary N) is 1. The van der Waals surface area contributed by atoms with Gasteiger partial charge in [-0.3, -0.25) is 0 Å². The molecule has 0 amide bonds. The summed E-state index contributed by atoms with van der Waals surface area (Å²) in [4.78, 5) is 0. The topological polar surface area (TPSA) is 30.5 Å². The molecule has 0 aliphatic carbocycles. The van der Waals surface area contributed by atoms with Gasteiger partial charge in [0.1, 0.15) is 5.60 Å². The molecule has 2 rings (SSSR count). The molecule has 0 aromatic heterocycles. The Balaban J connectivity index is 1.79. The summed E-state index contributed by atoms with van der Waals surface area (Å²) in [5, 5.41) is 3.42. The van der Waals surface area contributed by atoms with E-state index in [4.69, 9.17) is 9.47 Å². The largest absolute Gasteiger partial charge is 0.490 e. The van der Waals surface area contributed by atoms with Crippen molar-refractivity contribution in [2.45, 2.75) is 58.6 Å². The molecule has 0 saturated carbocycles. The van der Waals surface area contributed by atoms with Gasteiger partial charge in [-0.1, -0.05) is 26.0 Å². The van der Waals surface area contributed by atoms with Gasteiger partial charge in [0.05, 0.1) is 6.61 Å². The van der Waals surface area contributed by atoms with Gasteiger partial charge in [-0.15, -0.1) is 0 Å². The van der Waals surface area contributed by atoms with Crippen LogP contribution in [0.15, 0.2) is 18.2 Å². The first-order valence-electron chi connectivity index (χ1n) is 7.65. The van der Waals surface area contributed by atoms with Crippen LogP contribution in [0.3, 0.4) is 0 Å².